The smallest absolute Gasteiger partial charge is 0.252 e. The number of ketones is 1. The van der Waals surface area contributed by atoms with Crippen LogP contribution in [0, 0.1) is 0 Å². The molecule has 2 aromatic carbocycles. The summed E-state index contributed by atoms with van der Waals surface area (Å²) >= 11 is 0. The van der Waals surface area contributed by atoms with Gasteiger partial charge in [0.05, 0.1) is 24.7 Å². The Morgan fingerprint density at radius 2 is 1.70 bits per heavy atom. The summed E-state index contributed by atoms with van der Waals surface area (Å²) in [5.74, 6) is -0.287. The van der Waals surface area contributed by atoms with Crippen LogP contribution in [0.2, 0.25) is 0 Å². The SMILES string of the molecule is C[C@@H]1CCCC[NH+]1CCCNC(=O)c1ccccc1C(=O)c1ccccc1. The van der Waals surface area contributed by atoms with Gasteiger partial charge in [-0.3, -0.25) is 9.59 Å². The van der Waals surface area contributed by atoms with E-state index in [1.54, 1.807) is 41.3 Å². The molecule has 0 aromatic heterocycles. The van der Waals surface area contributed by atoms with Crippen LogP contribution in [0.4, 0.5) is 0 Å². The summed E-state index contributed by atoms with van der Waals surface area (Å²) in [6.07, 6.45) is 4.91. The number of hydrogen-bond acceptors (Lipinski definition) is 2. The third kappa shape index (κ3) is 5.04. The molecule has 0 bridgehead atoms. The molecule has 1 fully saturated rings. The Morgan fingerprint density at radius 1 is 1.00 bits per heavy atom. The Bertz CT molecular complexity index is 773. The van der Waals surface area contributed by atoms with E-state index in [0.717, 1.165) is 19.0 Å². The van der Waals surface area contributed by atoms with Crippen LogP contribution in [0.5, 0.6) is 0 Å². The molecule has 0 saturated carbocycles. The molecule has 4 nitrogen and oxygen atoms in total. The Labute approximate surface area is 161 Å². The number of rotatable bonds is 7. The molecule has 27 heavy (non-hydrogen) atoms. The van der Waals surface area contributed by atoms with E-state index in [1.165, 1.54) is 25.8 Å². The van der Waals surface area contributed by atoms with E-state index in [-0.39, 0.29) is 11.7 Å². The summed E-state index contributed by atoms with van der Waals surface area (Å²) in [6.45, 7) is 5.29. The fraction of sp³-hybridized carbons (Fsp3) is 0.391. The van der Waals surface area contributed by atoms with Crippen molar-refractivity contribution in [3.63, 3.8) is 0 Å². The molecule has 2 N–H and O–H groups in total. The normalized spacial score (nSPS) is 19.4. The van der Waals surface area contributed by atoms with E-state index in [1.807, 2.05) is 18.2 Å². The average Bonchev–Trinajstić information content (AvgIpc) is 2.72. The van der Waals surface area contributed by atoms with Crippen molar-refractivity contribution in [2.24, 2.45) is 0 Å². The molecule has 1 amide bonds. The first kappa shape index (κ1) is 19.3. The molecule has 1 unspecified atom stereocenters. The summed E-state index contributed by atoms with van der Waals surface area (Å²) < 4.78 is 0. The Kier molecular flexibility index (Phi) is 6.77. The number of carbonyl (C=O) groups excluding carboxylic acids is 2. The first-order valence-corrected chi connectivity index (χ1v) is 9.98. The summed E-state index contributed by atoms with van der Waals surface area (Å²) in [4.78, 5) is 27.1. The van der Waals surface area contributed by atoms with E-state index < -0.39 is 0 Å². The van der Waals surface area contributed by atoms with Crippen LogP contribution in [0.3, 0.4) is 0 Å². The van der Waals surface area contributed by atoms with Crippen molar-refractivity contribution in [2.75, 3.05) is 19.6 Å². The van der Waals surface area contributed by atoms with Crippen LogP contribution in [-0.4, -0.2) is 37.4 Å². The van der Waals surface area contributed by atoms with E-state index in [9.17, 15) is 9.59 Å². The summed E-state index contributed by atoms with van der Waals surface area (Å²) in [7, 11) is 0. The van der Waals surface area contributed by atoms with Gasteiger partial charge in [0.25, 0.3) is 5.91 Å². The molecule has 1 saturated heterocycles. The predicted molar refractivity (Wildman–Crippen MR) is 107 cm³/mol. The first-order chi connectivity index (χ1) is 13.2. The van der Waals surface area contributed by atoms with Gasteiger partial charge in [-0.15, -0.1) is 0 Å². The van der Waals surface area contributed by atoms with Crippen LogP contribution in [0.15, 0.2) is 54.6 Å². The van der Waals surface area contributed by atoms with Crippen LogP contribution < -0.4 is 10.2 Å². The molecule has 142 valence electrons. The van der Waals surface area contributed by atoms with E-state index in [2.05, 4.69) is 12.2 Å². The Hall–Kier alpha value is -2.46. The van der Waals surface area contributed by atoms with Crippen LogP contribution in [0.1, 0.15) is 58.9 Å². The monoisotopic (exact) mass is 365 g/mol. The van der Waals surface area contributed by atoms with E-state index in [4.69, 9.17) is 0 Å². The second-order valence-electron chi connectivity index (χ2n) is 7.41. The number of piperidine rings is 1. The number of hydrogen-bond donors (Lipinski definition) is 2. The molecule has 2 atom stereocenters. The molecule has 4 heteroatoms. The highest BCUT2D eigenvalue weighted by atomic mass is 16.2. The first-order valence-electron chi connectivity index (χ1n) is 9.98. The van der Waals surface area contributed by atoms with Crippen LogP contribution >= 0.6 is 0 Å². The molecule has 1 heterocycles. The van der Waals surface area contributed by atoms with E-state index >= 15 is 0 Å². The molecule has 1 aliphatic rings. The highest BCUT2D eigenvalue weighted by Gasteiger charge is 2.21. The zero-order chi connectivity index (χ0) is 19.1. The van der Waals surface area contributed by atoms with Gasteiger partial charge < -0.3 is 10.2 Å². The molecule has 3 rings (SSSR count). The van der Waals surface area contributed by atoms with Gasteiger partial charge in [-0.05, 0) is 32.3 Å². The van der Waals surface area contributed by atoms with Gasteiger partial charge in [0, 0.05) is 24.1 Å². The summed E-state index contributed by atoms with van der Waals surface area (Å²) in [6, 6.07) is 16.9. The Morgan fingerprint density at radius 3 is 2.44 bits per heavy atom. The van der Waals surface area contributed by atoms with Crippen LogP contribution in [-0.2, 0) is 0 Å². The zero-order valence-electron chi connectivity index (χ0n) is 16.0. The molecule has 0 radical (unpaired) electrons. The quantitative estimate of drug-likeness (QED) is 0.585. The molecule has 0 spiro atoms. The van der Waals surface area contributed by atoms with Crippen molar-refractivity contribution < 1.29 is 14.5 Å². The summed E-state index contributed by atoms with van der Waals surface area (Å²) in [5.41, 5.74) is 1.50. The van der Waals surface area contributed by atoms with Gasteiger partial charge in [0.15, 0.2) is 5.78 Å². The summed E-state index contributed by atoms with van der Waals surface area (Å²) in [5, 5.41) is 3.00. The molecular formula is C23H29N2O2+. The van der Waals surface area contributed by atoms with Gasteiger partial charge in [-0.2, -0.15) is 0 Å². The maximum atomic E-state index is 12.8. The lowest BCUT2D eigenvalue weighted by atomic mass is 9.98. The van der Waals surface area contributed by atoms with Crippen LogP contribution in [0.25, 0.3) is 0 Å². The van der Waals surface area contributed by atoms with Gasteiger partial charge >= 0.3 is 0 Å². The standard InChI is InChI=1S/C23H28N2O2/c1-18-10-7-8-16-25(18)17-9-15-24-23(27)21-14-6-5-13-20(21)22(26)19-11-3-2-4-12-19/h2-6,11-14,18H,7-10,15-17H2,1H3,(H,24,27)/p+1/t18-/m1/s1. The average molecular weight is 365 g/mol. The number of quaternary nitrogens is 1. The third-order valence-electron chi connectivity index (χ3n) is 5.49. The minimum Gasteiger partial charge on any atom is -0.352 e. The molecule has 1 aliphatic heterocycles. The van der Waals surface area contributed by atoms with E-state index in [0.29, 0.717) is 23.2 Å². The molecule has 2 aromatic rings. The maximum absolute atomic E-state index is 12.8. The third-order valence-corrected chi connectivity index (χ3v) is 5.49. The lowest BCUT2D eigenvalue weighted by molar-refractivity contribution is -0.928. The highest BCUT2D eigenvalue weighted by molar-refractivity contribution is 6.15. The number of amides is 1. The minimum atomic E-state index is -0.170. The van der Waals surface area contributed by atoms with Gasteiger partial charge in [-0.25, -0.2) is 0 Å². The number of benzene rings is 2. The number of nitrogens with one attached hydrogen (secondary N) is 2. The fourth-order valence-corrected chi connectivity index (χ4v) is 3.86. The number of likely N-dealkylation sites (tertiary alicyclic amines) is 1. The van der Waals surface area contributed by atoms with Crippen molar-refractivity contribution in [3.8, 4) is 0 Å². The van der Waals surface area contributed by atoms with Gasteiger partial charge in [0.2, 0.25) is 0 Å². The van der Waals surface area contributed by atoms with Crippen molar-refractivity contribution in [3.05, 3.63) is 71.3 Å². The maximum Gasteiger partial charge on any atom is 0.252 e. The van der Waals surface area contributed by atoms with Gasteiger partial charge in [0.1, 0.15) is 0 Å². The zero-order valence-corrected chi connectivity index (χ0v) is 16.0. The fourth-order valence-electron chi connectivity index (χ4n) is 3.86. The highest BCUT2D eigenvalue weighted by Crippen LogP contribution is 2.14. The van der Waals surface area contributed by atoms with Crippen molar-refractivity contribution in [1.29, 1.82) is 0 Å². The number of carbonyl (C=O) groups is 2. The molecular weight excluding hydrogens is 336 g/mol. The van der Waals surface area contributed by atoms with Crippen molar-refractivity contribution in [2.45, 2.75) is 38.6 Å². The Balaban J connectivity index is 1.58. The van der Waals surface area contributed by atoms with Crippen molar-refractivity contribution >= 4 is 11.7 Å². The van der Waals surface area contributed by atoms with Crippen molar-refractivity contribution in [1.82, 2.24) is 5.32 Å². The second kappa shape index (κ2) is 9.47. The largest absolute Gasteiger partial charge is 0.352 e. The minimum absolute atomic E-state index is 0.118. The lowest BCUT2D eigenvalue weighted by Gasteiger charge is -2.30. The topological polar surface area (TPSA) is 50.6 Å². The lowest BCUT2D eigenvalue weighted by Crippen LogP contribution is -3.16. The second-order valence-corrected chi connectivity index (χ2v) is 7.41. The molecule has 0 aliphatic carbocycles. The predicted octanol–water partition coefficient (Wildman–Crippen LogP) is 2.49. The van der Waals surface area contributed by atoms with Gasteiger partial charge in [-0.1, -0.05) is 48.5 Å².